The molecular weight excluding hydrogens is 264 g/mol. The molecule has 0 saturated carbocycles. The van der Waals surface area contributed by atoms with E-state index in [4.69, 9.17) is 5.73 Å². The summed E-state index contributed by atoms with van der Waals surface area (Å²) in [6, 6.07) is 3.93. The van der Waals surface area contributed by atoms with Crippen molar-refractivity contribution in [1.82, 2.24) is 4.90 Å². The minimum absolute atomic E-state index is 0.0818. The molecule has 116 valence electrons. The van der Waals surface area contributed by atoms with E-state index < -0.39 is 0 Å². The lowest BCUT2D eigenvalue weighted by Crippen LogP contribution is -2.29. The Kier molecular flexibility index (Phi) is 5.44. The average Bonchev–Trinajstić information content (AvgIpc) is 2.47. The third kappa shape index (κ3) is 4.11. The fraction of sp³-hybridized carbons (Fsp3) is 0.562. The minimum Gasteiger partial charge on any atom is -0.397 e. The van der Waals surface area contributed by atoms with E-state index in [1.54, 1.807) is 0 Å². The molecule has 5 heteroatoms. The van der Waals surface area contributed by atoms with Gasteiger partial charge in [-0.15, -0.1) is 0 Å². The highest BCUT2D eigenvalue weighted by Gasteiger charge is 2.16. The molecule has 1 amide bonds. The van der Waals surface area contributed by atoms with E-state index in [1.165, 1.54) is 6.42 Å². The van der Waals surface area contributed by atoms with Crippen molar-refractivity contribution in [3.05, 3.63) is 17.7 Å². The molecule has 21 heavy (non-hydrogen) atoms. The van der Waals surface area contributed by atoms with Crippen LogP contribution in [0.5, 0.6) is 0 Å². The fourth-order valence-electron chi connectivity index (χ4n) is 2.69. The van der Waals surface area contributed by atoms with Gasteiger partial charge >= 0.3 is 0 Å². The first-order valence-electron chi connectivity index (χ1n) is 7.82. The van der Waals surface area contributed by atoms with Crippen LogP contribution in [0.4, 0.5) is 17.1 Å². The Labute approximate surface area is 126 Å². The molecule has 0 fully saturated rings. The summed E-state index contributed by atoms with van der Waals surface area (Å²) < 4.78 is 0. The van der Waals surface area contributed by atoms with Crippen LogP contribution in [0.25, 0.3) is 0 Å². The Morgan fingerprint density at radius 3 is 2.81 bits per heavy atom. The van der Waals surface area contributed by atoms with E-state index in [0.29, 0.717) is 6.42 Å². The van der Waals surface area contributed by atoms with Gasteiger partial charge in [0, 0.05) is 25.2 Å². The molecule has 0 unspecified atom stereocenters. The molecule has 1 aromatic carbocycles. The second-order valence-electron chi connectivity index (χ2n) is 5.51. The number of nitrogens with zero attached hydrogens (tertiary/aromatic N) is 1. The fourth-order valence-corrected chi connectivity index (χ4v) is 2.69. The molecule has 5 nitrogen and oxygen atoms in total. The van der Waals surface area contributed by atoms with Gasteiger partial charge < -0.3 is 21.3 Å². The van der Waals surface area contributed by atoms with Crippen molar-refractivity contribution >= 4 is 23.0 Å². The van der Waals surface area contributed by atoms with E-state index >= 15 is 0 Å². The number of carbonyl (C=O) groups is 1. The van der Waals surface area contributed by atoms with Crippen molar-refractivity contribution in [2.24, 2.45) is 0 Å². The van der Waals surface area contributed by atoms with Crippen LogP contribution in [-0.2, 0) is 11.2 Å². The van der Waals surface area contributed by atoms with Crippen LogP contribution < -0.4 is 16.4 Å². The molecule has 1 aliphatic rings. The number of benzene rings is 1. The lowest BCUT2D eigenvalue weighted by atomic mass is 10.0. The molecule has 2 rings (SSSR count). The van der Waals surface area contributed by atoms with Gasteiger partial charge in [0.1, 0.15) is 0 Å². The number of nitrogen functional groups attached to an aromatic ring is 1. The first-order valence-corrected chi connectivity index (χ1v) is 7.82. The quantitative estimate of drug-likeness (QED) is 0.674. The third-order valence-electron chi connectivity index (χ3n) is 3.90. The van der Waals surface area contributed by atoms with Crippen LogP contribution in [0.3, 0.4) is 0 Å². The number of aryl methyl sites for hydroxylation is 1. The molecule has 1 heterocycles. The smallest absolute Gasteiger partial charge is 0.224 e. The van der Waals surface area contributed by atoms with Gasteiger partial charge in [-0.1, -0.05) is 13.8 Å². The monoisotopic (exact) mass is 290 g/mol. The number of hydrogen-bond donors (Lipinski definition) is 3. The van der Waals surface area contributed by atoms with Crippen LogP contribution in [0, 0.1) is 0 Å². The highest BCUT2D eigenvalue weighted by molar-refractivity contribution is 5.95. The highest BCUT2D eigenvalue weighted by atomic mass is 16.1. The number of nitrogens with two attached hydrogens (primary N) is 1. The van der Waals surface area contributed by atoms with Gasteiger partial charge in [0.2, 0.25) is 5.91 Å². The number of amides is 1. The van der Waals surface area contributed by atoms with Gasteiger partial charge in [-0.05, 0) is 43.6 Å². The topological polar surface area (TPSA) is 70.4 Å². The summed E-state index contributed by atoms with van der Waals surface area (Å²) in [5.41, 5.74) is 9.77. The number of hydrogen-bond acceptors (Lipinski definition) is 4. The van der Waals surface area contributed by atoms with E-state index in [-0.39, 0.29) is 5.91 Å². The Morgan fingerprint density at radius 2 is 2.10 bits per heavy atom. The van der Waals surface area contributed by atoms with Crippen molar-refractivity contribution in [1.29, 1.82) is 0 Å². The lowest BCUT2D eigenvalue weighted by molar-refractivity contribution is -0.116. The van der Waals surface area contributed by atoms with Crippen LogP contribution in [0.15, 0.2) is 12.1 Å². The SMILES string of the molecule is CCCN(CC)CCNc1cc2c(cc1N)CCC(=O)N2. The number of anilines is 3. The van der Waals surface area contributed by atoms with Gasteiger partial charge in [-0.2, -0.15) is 0 Å². The molecule has 1 aromatic rings. The predicted molar refractivity (Wildman–Crippen MR) is 88.7 cm³/mol. The van der Waals surface area contributed by atoms with Crippen LogP contribution >= 0.6 is 0 Å². The van der Waals surface area contributed by atoms with E-state index in [2.05, 4.69) is 29.4 Å². The molecule has 0 radical (unpaired) electrons. The molecule has 0 aliphatic carbocycles. The van der Waals surface area contributed by atoms with Crippen molar-refractivity contribution in [3.63, 3.8) is 0 Å². The molecule has 0 bridgehead atoms. The molecule has 0 spiro atoms. The number of nitrogens with one attached hydrogen (secondary N) is 2. The maximum absolute atomic E-state index is 11.5. The van der Waals surface area contributed by atoms with Gasteiger partial charge in [0.05, 0.1) is 11.4 Å². The largest absolute Gasteiger partial charge is 0.397 e. The summed E-state index contributed by atoms with van der Waals surface area (Å²) >= 11 is 0. The zero-order chi connectivity index (χ0) is 15.2. The number of carbonyl (C=O) groups excluding carboxylic acids is 1. The predicted octanol–water partition coefficient (Wildman–Crippen LogP) is 2.30. The summed E-state index contributed by atoms with van der Waals surface area (Å²) in [6.45, 7) is 8.40. The van der Waals surface area contributed by atoms with Crippen molar-refractivity contribution in [3.8, 4) is 0 Å². The first-order chi connectivity index (χ1) is 10.1. The van der Waals surface area contributed by atoms with Crippen LogP contribution in [-0.4, -0.2) is 37.0 Å². The summed E-state index contributed by atoms with van der Waals surface area (Å²) in [5.74, 6) is 0.0818. The first kappa shape index (κ1) is 15.6. The normalized spacial score (nSPS) is 14.0. The maximum Gasteiger partial charge on any atom is 0.224 e. The summed E-state index contributed by atoms with van der Waals surface area (Å²) in [7, 11) is 0. The van der Waals surface area contributed by atoms with Gasteiger partial charge in [-0.25, -0.2) is 0 Å². The summed E-state index contributed by atoms with van der Waals surface area (Å²) in [5, 5.41) is 6.30. The van der Waals surface area contributed by atoms with Gasteiger partial charge in [0.25, 0.3) is 0 Å². The zero-order valence-electron chi connectivity index (χ0n) is 13.0. The van der Waals surface area contributed by atoms with Crippen molar-refractivity contribution < 1.29 is 4.79 Å². The summed E-state index contributed by atoms with van der Waals surface area (Å²) in [4.78, 5) is 13.9. The van der Waals surface area contributed by atoms with Crippen LogP contribution in [0.2, 0.25) is 0 Å². The highest BCUT2D eigenvalue weighted by Crippen LogP contribution is 2.30. The molecule has 0 atom stereocenters. The Balaban J connectivity index is 1.97. The number of rotatable bonds is 7. The van der Waals surface area contributed by atoms with Crippen molar-refractivity contribution in [2.75, 3.05) is 42.5 Å². The standard InChI is InChI=1S/C16H26N4O/c1-3-8-20(4-2)9-7-18-15-11-14-12(10-13(15)17)5-6-16(21)19-14/h10-11,18H,3-9,17H2,1-2H3,(H,19,21). The minimum atomic E-state index is 0.0818. The van der Waals surface area contributed by atoms with E-state index in [0.717, 1.165) is 55.2 Å². The van der Waals surface area contributed by atoms with Crippen molar-refractivity contribution in [2.45, 2.75) is 33.1 Å². The lowest BCUT2D eigenvalue weighted by Gasteiger charge is -2.22. The van der Waals surface area contributed by atoms with Gasteiger partial charge in [-0.3, -0.25) is 4.79 Å². The zero-order valence-corrected chi connectivity index (χ0v) is 13.0. The third-order valence-corrected chi connectivity index (χ3v) is 3.90. The molecule has 4 N–H and O–H groups in total. The average molecular weight is 290 g/mol. The van der Waals surface area contributed by atoms with Crippen LogP contribution in [0.1, 0.15) is 32.3 Å². The van der Waals surface area contributed by atoms with E-state index in [9.17, 15) is 4.79 Å². The number of likely N-dealkylation sites (N-methyl/N-ethyl adjacent to an activating group) is 1. The Morgan fingerprint density at radius 1 is 1.29 bits per heavy atom. The number of fused-ring (bicyclic) bond motifs is 1. The Bertz CT molecular complexity index is 501. The maximum atomic E-state index is 11.5. The second kappa shape index (κ2) is 7.31. The second-order valence-corrected chi connectivity index (χ2v) is 5.51. The molecular formula is C16H26N4O. The van der Waals surface area contributed by atoms with E-state index in [1.807, 2.05) is 12.1 Å². The molecule has 1 aliphatic heterocycles. The molecule has 0 aromatic heterocycles. The Hall–Kier alpha value is -1.75. The summed E-state index contributed by atoms with van der Waals surface area (Å²) in [6.07, 6.45) is 2.48. The van der Waals surface area contributed by atoms with Gasteiger partial charge in [0.15, 0.2) is 0 Å². The molecule has 0 saturated heterocycles.